The van der Waals surface area contributed by atoms with Crippen molar-refractivity contribution in [3.05, 3.63) is 24.5 Å². The van der Waals surface area contributed by atoms with Crippen molar-refractivity contribution in [1.29, 1.82) is 0 Å². The Labute approximate surface area is 138 Å². The zero-order chi connectivity index (χ0) is 16.8. The van der Waals surface area contributed by atoms with E-state index in [2.05, 4.69) is 15.0 Å². The SMILES string of the molecule is CS(=O)(=O)NCCC1(CC(=O)Nc2cccnc2)CCCCC1. The normalized spacial score (nSPS) is 17.6. The second-order valence-corrected chi connectivity index (χ2v) is 8.28. The summed E-state index contributed by atoms with van der Waals surface area (Å²) in [5.41, 5.74) is 0.583. The van der Waals surface area contributed by atoms with Crippen molar-refractivity contribution in [1.82, 2.24) is 9.71 Å². The molecule has 1 aliphatic rings. The van der Waals surface area contributed by atoms with E-state index >= 15 is 0 Å². The molecule has 128 valence electrons. The van der Waals surface area contributed by atoms with Crippen molar-refractivity contribution < 1.29 is 13.2 Å². The lowest BCUT2D eigenvalue weighted by molar-refractivity contribution is -0.119. The number of nitrogens with zero attached hydrogens (tertiary/aromatic N) is 1. The van der Waals surface area contributed by atoms with E-state index in [-0.39, 0.29) is 11.3 Å². The number of amides is 1. The number of hydrogen-bond donors (Lipinski definition) is 2. The van der Waals surface area contributed by atoms with Crippen molar-refractivity contribution in [3.63, 3.8) is 0 Å². The van der Waals surface area contributed by atoms with E-state index in [4.69, 9.17) is 0 Å². The summed E-state index contributed by atoms with van der Waals surface area (Å²) in [6, 6.07) is 3.59. The maximum Gasteiger partial charge on any atom is 0.224 e. The summed E-state index contributed by atoms with van der Waals surface area (Å²) in [6.07, 6.45) is 10.9. The molecule has 1 aliphatic carbocycles. The van der Waals surface area contributed by atoms with Gasteiger partial charge in [-0.25, -0.2) is 13.1 Å². The first-order valence-electron chi connectivity index (χ1n) is 8.03. The van der Waals surface area contributed by atoms with E-state index < -0.39 is 10.0 Å². The fourth-order valence-electron chi connectivity index (χ4n) is 3.30. The Morgan fingerprint density at radius 2 is 2.04 bits per heavy atom. The molecule has 0 radical (unpaired) electrons. The lowest BCUT2D eigenvalue weighted by atomic mass is 9.69. The van der Waals surface area contributed by atoms with Gasteiger partial charge in [-0.05, 0) is 36.8 Å². The van der Waals surface area contributed by atoms with E-state index in [1.165, 1.54) is 6.42 Å². The molecule has 7 heteroatoms. The molecule has 0 aromatic carbocycles. The molecule has 2 N–H and O–H groups in total. The number of sulfonamides is 1. The first-order chi connectivity index (χ1) is 10.9. The molecule has 0 spiro atoms. The van der Waals surface area contributed by atoms with Crippen LogP contribution < -0.4 is 10.0 Å². The number of aromatic nitrogens is 1. The summed E-state index contributed by atoms with van der Waals surface area (Å²) in [5, 5.41) is 2.88. The highest BCUT2D eigenvalue weighted by atomic mass is 32.2. The summed E-state index contributed by atoms with van der Waals surface area (Å²) in [4.78, 5) is 16.4. The van der Waals surface area contributed by atoms with Gasteiger partial charge in [-0.2, -0.15) is 0 Å². The van der Waals surface area contributed by atoms with E-state index in [0.717, 1.165) is 31.9 Å². The van der Waals surface area contributed by atoms with Crippen LogP contribution in [0.4, 0.5) is 5.69 Å². The largest absolute Gasteiger partial charge is 0.325 e. The van der Waals surface area contributed by atoms with Crippen LogP contribution >= 0.6 is 0 Å². The van der Waals surface area contributed by atoms with Crippen molar-refractivity contribution >= 4 is 21.6 Å². The van der Waals surface area contributed by atoms with E-state index in [1.807, 2.05) is 6.07 Å². The molecule has 0 atom stereocenters. The molecule has 1 heterocycles. The van der Waals surface area contributed by atoms with Gasteiger partial charge in [-0.1, -0.05) is 19.3 Å². The minimum absolute atomic E-state index is 0.0285. The third kappa shape index (κ3) is 6.27. The van der Waals surface area contributed by atoms with E-state index in [9.17, 15) is 13.2 Å². The van der Waals surface area contributed by atoms with E-state index in [1.54, 1.807) is 18.5 Å². The van der Waals surface area contributed by atoms with Crippen molar-refractivity contribution in [2.45, 2.75) is 44.9 Å². The van der Waals surface area contributed by atoms with Gasteiger partial charge in [0.15, 0.2) is 0 Å². The molecule has 0 aliphatic heterocycles. The van der Waals surface area contributed by atoms with Gasteiger partial charge in [0.25, 0.3) is 0 Å². The first-order valence-corrected chi connectivity index (χ1v) is 9.92. The topological polar surface area (TPSA) is 88.2 Å². The second kappa shape index (κ2) is 7.88. The minimum atomic E-state index is -3.19. The van der Waals surface area contributed by atoms with Crippen LogP contribution in [0.3, 0.4) is 0 Å². The van der Waals surface area contributed by atoms with Crippen LogP contribution in [0, 0.1) is 5.41 Å². The summed E-state index contributed by atoms with van der Waals surface area (Å²) >= 11 is 0. The van der Waals surface area contributed by atoms with Gasteiger partial charge in [-0.15, -0.1) is 0 Å². The maximum absolute atomic E-state index is 12.4. The highest BCUT2D eigenvalue weighted by molar-refractivity contribution is 7.88. The van der Waals surface area contributed by atoms with Crippen LogP contribution in [0.25, 0.3) is 0 Å². The Morgan fingerprint density at radius 3 is 2.65 bits per heavy atom. The summed E-state index contributed by atoms with van der Waals surface area (Å²) in [6.45, 7) is 0.388. The Kier molecular flexibility index (Phi) is 6.12. The third-order valence-electron chi connectivity index (χ3n) is 4.41. The third-order valence-corrected chi connectivity index (χ3v) is 5.14. The first kappa shape index (κ1) is 17.9. The number of pyridine rings is 1. The quantitative estimate of drug-likeness (QED) is 0.798. The number of rotatable bonds is 7. The Balaban J connectivity index is 1.95. The van der Waals surface area contributed by atoms with Crippen molar-refractivity contribution in [2.75, 3.05) is 18.1 Å². The lowest BCUT2D eigenvalue weighted by Crippen LogP contribution is -2.34. The number of carbonyl (C=O) groups excluding carboxylic acids is 1. The van der Waals surface area contributed by atoms with Gasteiger partial charge in [-0.3, -0.25) is 9.78 Å². The van der Waals surface area contributed by atoms with Crippen molar-refractivity contribution in [3.8, 4) is 0 Å². The average Bonchev–Trinajstić information content (AvgIpc) is 2.47. The number of carbonyl (C=O) groups is 1. The molecule has 6 nitrogen and oxygen atoms in total. The maximum atomic E-state index is 12.4. The molecular formula is C16H25N3O3S. The van der Waals surface area contributed by atoms with Gasteiger partial charge in [0.2, 0.25) is 15.9 Å². The highest BCUT2D eigenvalue weighted by Gasteiger charge is 2.34. The van der Waals surface area contributed by atoms with Crippen LogP contribution in [-0.4, -0.2) is 32.1 Å². The molecule has 1 aromatic heterocycles. The second-order valence-electron chi connectivity index (χ2n) is 6.44. The summed E-state index contributed by atoms with van der Waals surface area (Å²) in [7, 11) is -3.19. The average molecular weight is 339 g/mol. The number of nitrogens with one attached hydrogen (secondary N) is 2. The van der Waals surface area contributed by atoms with Gasteiger partial charge in [0.1, 0.15) is 0 Å². The van der Waals surface area contributed by atoms with Gasteiger partial charge in [0.05, 0.1) is 18.1 Å². The lowest BCUT2D eigenvalue weighted by Gasteiger charge is -2.37. The van der Waals surface area contributed by atoms with Crippen LogP contribution in [-0.2, 0) is 14.8 Å². The molecule has 1 fully saturated rings. The highest BCUT2D eigenvalue weighted by Crippen LogP contribution is 2.42. The Bertz CT molecular complexity index is 611. The predicted molar refractivity (Wildman–Crippen MR) is 90.5 cm³/mol. The fraction of sp³-hybridized carbons (Fsp3) is 0.625. The van der Waals surface area contributed by atoms with Crippen LogP contribution in [0.5, 0.6) is 0 Å². The van der Waals surface area contributed by atoms with Crippen LogP contribution in [0.15, 0.2) is 24.5 Å². The van der Waals surface area contributed by atoms with Gasteiger partial charge < -0.3 is 5.32 Å². The smallest absolute Gasteiger partial charge is 0.224 e. The molecule has 0 bridgehead atoms. The Hall–Kier alpha value is -1.47. The van der Waals surface area contributed by atoms with Gasteiger partial charge in [0, 0.05) is 19.2 Å². The number of hydrogen-bond acceptors (Lipinski definition) is 4. The predicted octanol–water partition coefficient (Wildman–Crippen LogP) is 2.30. The minimum Gasteiger partial charge on any atom is -0.325 e. The molecule has 0 saturated heterocycles. The van der Waals surface area contributed by atoms with Crippen LogP contribution in [0.2, 0.25) is 0 Å². The molecule has 23 heavy (non-hydrogen) atoms. The monoisotopic (exact) mass is 339 g/mol. The molecule has 1 aromatic rings. The standard InChI is InChI=1S/C16H25N3O3S/c1-23(21,22)18-11-9-16(7-3-2-4-8-16)12-15(20)19-14-6-5-10-17-13-14/h5-6,10,13,18H,2-4,7-9,11-12H2,1H3,(H,19,20). The molecule has 2 rings (SSSR count). The molecule has 0 unspecified atom stereocenters. The fourth-order valence-corrected chi connectivity index (χ4v) is 3.77. The molecule has 1 amide bonds. The summed E-state index contributed by atoms with van der Waals surface area (Å²) in [5.74, 6) is -0.0285. The Morgan fingerprint density at radius 1 is 1.30 bits per heavy atom. The van der Waals surface area contributed by atoms with E-state index in [0.29, 0.717) is 25.1 Å². The van der Waals surface area contributed by atoms with Gasteiger partial charge >= 0.3 is 0 Å². The van der Waals surface area contributed by atoms with Crippen LogP contribution in [0.1, 0.15) is 44.9 Å². The molecule has 1 saturated carbocycles. The summed E-state index contributed by atoms with van der Waals surface area (Å²) < 4.78 is 25.0. The number of anilines is 1. The zero-order valence-electron chi connectivity index (χ0n) is 13.5. The zero-order valence-corrected chi connectivity index (χ0v) is 14.4. The molecular weight excluding hydrogens is 314 g/mol. The van der Waals surface area contributed by atoms with Crippen molar-refractivity contribution in [2.24, 2.45) is 5.41 Å².